The first-order chi connectivity index (χ1) is 32.7. The lowest BCUT2D eigenvalue weighted by Crippen LogP contribution is -2.62. The van der Waals surface area contributed by atoms with Gasteiger partial charge in [-0.15, -0.1) is 0 Å². The number of hydrogen-bond donors (Lipinski definition) is 7. The average Bonchev–Trinajstić information content (AvgIpc) is 3.80. The normalized spacial score (nSPS) is 26.2. The molecular weight excluding hydrogens is 901 g/mol. The fourth-order valence-corrected chi connectivity index (χ4v) is 9.22. The lowest BCUT2D eigenvalue weighted by molar-refractivity contribution is -0.143. The van der Waals surface area contributed by atoms with Crippen LogP contribution in [0.2, 0.25) is 0 Å². The van der Waals surface area contributed by atoms with Gasteiger partial charge in [0.05, 0.1) is 0 Å². The van der Waals surface area contributed by atoms with Crippen LogP contribution in [0.1, 0.15) is 105 Å². The molecule has 2 aromatic carbocycles. The van der Waals surface area contributed by atoms with Crippen LogP contribution in [0.5, 0.6) is 0 Å². The van der Waals surface area contributed by atoms with E-state index in [1.54, 1.807) is 45.0 Å². The number of amides is 8. The highest BCUT2D eigenvalue weighted by molar-refractivity contribution is 7.84. The Labute approximate surface area is 410 Å². The summed E-state index contributed by atoms with van der Waals surface area (Å²) in [6.07, 6.45) is 3.03. The SMILES string of the molecule is CC[C@H](C)[C@@H]1NC(=O)[C@H](Cc2ccccc2)NC(=O)[C@H](CC(C)C)NC(=O)[C@@H]2CCCN2C(=O)[C@H](Cc2ccccc2)NC(=O)[C@H](C(C)C)NC(=O)[C@H](CC(C)C)NC(=O)[C@H](CC[S@@](C)=O)NC1=O. The van der Waals surface area contributed by atoms with Gasteiger partial charge in [-0.3, -0.25) is 42.6 Å². The Bertz CT molecular complexity index is 2110. The van der Waals surface area contributed by atoms with Crippen molar-refractivity contribution in [2.24, 2.45) is 23.7 Å². The molecule has 2 aliphatic heterocycles. The van der Waals surface area contributed by atoms with E-state index in [0.717, 1.165) is 5.56 Å². The van der Waals surface area contributed by atoms with Gasteiger partial charge in [0.25, 0.3) is 0 Å². The monoisotopic (exact) mass is 977 g/mol. The molecule has 0 saturated carbocycles. The molecule has 4 rings (SSSR count). The molecule has 10 atom stereocenters. The van der Waals surface area contributed by atoms with Gasteiger partial charge < -0.3 is 42.1 Å². The summed E-state index contributed by atoms with van der Waals surface area (Å²) in [7, 11) is -1.38. The smallest absolute Gasteiger partial charge is 0.246 e. The fourth-order valence-electron chi connectivity index (χ4n) is 8.65. The van der Waals surface area contributed by atoms with Crippen LogP contribution < -0.4 is 37.2 Å². The van der Waals surface area contributed by atoms with Gasteiger partial charge in [0.15, 0.2) is 0 Å². The Balaban J connectivity index is 1.85. The van der Waals surface area contributed by atoms with Gasteiger partial charge in [-0.25, -0.2) is 0 Å². The summed E-state index contributed by atoms with van der Waals surface area (Å²) in [6.45, 7) is 14.8. The van der Waals surface area contributed by atoms with Crippen molar-refractivity contribution in [1.29, 1.82) is 0 Å². The van der Waals surface area contributed by atoms with E-state index in [4.69, 9.17) is 0 Å². The van der Waals surface area contributed by atoms with Gasteiger partial charge in [0.2, 0.25) is 47.3 Å². The maximum Gasteiger partial charge on any atom is 0.246 e. The largest absolute Gasteiger partial charge is 0.343 e. The van der Waals surface area contributed by atoms with Crippen molar-refractivity contribution >= 4 is 58.1 Å². The van der Waals surface area contributed by atoms with E-state index in [1.165, 1.54) is 11.2 Å². The molecule has 380 valence electrons. The van der Waals surface area contributed by atoms with E-state index in [0.29, 0.717) is 24.8 Å². The van der Waals surface area contributed by atoms with Crippen LogP contribution in [-0.4, -0.2) is 123 Å². The van der Waals surface area contributed by atoms with Crippen LogP contribution in [0, 0.1) is 23.7 Å². The molecular formula is C51H76N8O9S. The molecule has 2 aliphatic rings. The molecule has 2 aromatic rings. The average molecular weight is 977 g/mol. The number of rotatable bonds is 14. The van der Waals surface area contributed by atoms with Gasteiger partial charge in [-0.1, -0.05) is 122 Å². The Morgan fingerprint density at radius 2 is 0.986 bits per heavy atom. The van der Waals surface area contributed by atoms with Crippen molar-refractivity contribution in [2.45, 2.75) is 155 Å². The zero-order valence-corrected chi connectivity index (χ0v) is 42.6. The first-order valence-corrected chi connectivity index (χ1v) is 26.2. The third-order valence-corrected chi connectivity index (χ3v) is 13.5. The molecule has 17 nitrogen and oxygen atoms in total. The van der Waals surface area contributed by atoms with Gasteiger partial charge in [0.1, 0.15) is 48.3 Å². The second-order valence-corrected chi connectivity index (χ2v) is 21.4. The zero-order chi connectivity index (χ0) is 50.9. The van der Waals surface area contributed by atoms with Crippen LogP contribution in [-0.2, 0) is 62.0 Å². The molecule has 18 heteroatoms. The lowest BCUT2D eigenvalue weighted by atomic mass is 9.96. The first kappa shape index (κ1) is 55.9. The number of fused-ring (bicyclic) bond motifs is 1. The minimum absolute atomic E-state index is 0.0235. The van der Waals surface area contributed by atoms with Gasteiger partial charge in [0, 0.05) is 42.2 Å². The molecule has 2 fully saturated rings. The topological polar surface area (TPSA) is 241 Å². The van der Waals surface area contributed by atoms with Gasteiger partial charge in [-0.05, 0) is 66.9 Å². The number of nitrogens with zero attached hydrogens (tertiary/aromatic N) is 1. The standard InChI is InChI=1S/C51H76N8O9S/c1-10-33(8)43-50(66)52-36(23-25-69(9)68)44(60)53-38(27-31(4)5)46(62)57-42(32(6)7)49(65)56-40(29-35-20-15-12-16-21-35)51(67)59-24-17-22-41(59)48(64)55-37(26-30(2)3)45(61)54-39(47(63)58-43)28-34-18-13-11-14-19-34/h11-16,18-21,30-33,36-43H,10,17,22-29H2,1-9H3,(H,52,66)(H,53,60)(H,54,61)(H,55,64)(H,56,65)(H,57,62)(H,58,63)/t33-,36-,37-,38-,39-,40-,41-,42-,43-,69+/m0/s1. The third kappa shape index (κ3) is 17.1. The molecule has 0 aromatic heterocycles. The Kier molecular flexibility index (Phi) is 21.8. The molecule has 0 unspecified atom stereocenters. The molecule has 69 heavy (non-hydrogen) atoms. The molecule has 2 saturated heterocycles. The van der Waals surface area contributed by atoms with Crippen LogP contribution in [0.4, 0.5) is 0 Å². The Hall–Kier alpha value is -5.65. The molecule has 7 N–H and O–H groups in total. The fraction of sp³-hybridized carbons (Fsp3) is 0.608. The van der Waals surface area contributed by atoms with E-state index in [1.807, 2.05) is 71.0 Å². The van der Waals surface area contributed by atoms with Crippen LogP contribution >= 0.6 is 0 Å². The zero-order valence-electron chi connectivity index (χ0n) is 41.8. The van der Waals surface area contributed by atoms with E-state index in [2.05, 4.69) is 37.2 Å². The van der Waals surface area contributed by atoms with E-state index in [-0.39, 0.29) is 56.2 Å². The van der Waals surface area contributed by atoms with Crippen molar-refractivity contribution in [1.82, 2.24) is 42.1 Å². The number of carbonyl (C=O) groups excluding carboxylic acids is 8. The molecule has 8 amide bonds. The Morgan fingerprint density at radius 1 is 0.551 bits per heavy atom. The highest BCUT2D eigenvalue weighted by Gasteiger charge is 2.41. The van der Waals surface area contributed by atoms with Crippen LogP contribution in [0.25, 0.3) is 0 Å². The second-order valence-electron chi connectivity index (χ2n) is 19.8. The van der Waals surface area contributed by atoms with E-state index in [9.17, 15) is 42.6 Å². The first-order valence-electron chi connectivity index (χ1n) is 24.5. The number of nitrogens with one attached hydrogen (secondary N) is 7. The number of carbonyl (C=O) groups is 8. The summed E-state index contributed by atoms with van der Waals surface area (Å²) in [6, 6.07) is 8.74. The van der Waals surface area contributed by atoms with E-state index >= 15 is 0 Å². The van der Waals surface area contributed by atoms with Crippen LogP contribution in [0.3, 0.4) is 0 Å². The second kappa shape index (κ2) is 26.9. The predicted octanol–water partition coefficient (Wildman–Crippen LogP) is 2.43. The van der Waals surface area contributed by atoms with Crippen molar-refractivity contribution in [3.8, 4) is 0 Å². The summed E-state index contributed by atoms with van der Waals surface area (Å²) in [5, 5.41) is 19.9. The van der Waals surface area contributed by atoms with Crippen molar-refractivity contribution in [2.75, 3.05) is 18.6 Å². The number of hydrogen-bond acceptors (Lipinski definition) is 9. The summed E-state index contributed by atoms with van der Waals surface area (Å²) in [5.74, 6) is -6.30. The Morgan fingerprint density at radius 3 is 1.51 bits per heavy atom. The summed E-state index contributed by atoms with van der Waals surface area (Å²) < 4.78 is 12.4. The lowest BCUT2D eigenvalue weighted by Gasteiger charge is -2.32. The minimum Gasteiger partial charge on any atom is -0.343 e. The van der Waals surface area contributed by atoms with Crippen molar-refractivity contribution < 1.29 is 42.6 Å². The maximum absolute atomic E-state index is 14.7. The van der Waals surface area contributed by atoms with Gasteiger partial charge in [-0.2, -0.15) is 0 Å². The van der Waals surface area contributed by atoms with Crippen molar-refractivity contribution in [3.63, 3.8) is 0 Å². The number of benzene rings is 2. The highest BCUT2D eigenvalue weighted by Crippen LogP contribution is 2.22. The molecule has 0 radical (unpaired) electrons. The molecule has 0 spiro atoms. The van der Waals surface area contributed by atoms with E-state index < -0.39 is 118 Å². The van der Waals surface area contributed by atoms with Gasteiger partial charge >= 0.3 is 0 Å². The molecule has 0 aliphatic carbocycles. The summed E-state index contributed by atoms with van der Waals surface area (Å²) in [4.78, 5) is 117. The predicted molar refractivity (Wildman–Crippen MR) is 265 cm³/mol. The van der Waals surface area contributed by atoms with Crippen LogP contribution in [0.15, 0.2) is 60.7 Å². The maximum atomic E-state index is 14.7. The molecule has 0 bridgehead atoms. The minimum atomic E-state index is -1.38. The molecule has 2 heterocycles. The third-order valence-electron chi connectivity index (χ3n) is 12.7. The highest BCUT2D eigenvalue weighted by atomic mass is 32.2. The van der Waals surface area contributed by atoms with Crippen molar-refractivity contribution in [3.05, 3.63) is 71.8 Å². The summed E-state index contributed by atoms with van der Waals surface area (Å²) >= 11 is 0. The quantitative estimate of drug-likeness (QED) is 0.147. The summed E-state index contributed by atoms with van der Waals surface area (Å²) in [5.41, 5.74) is 1.45.